The van der Waals surface area contributed by atoms with Crippen LogP contribution in [-0.4, -0.2) is 45.9 Å². The minimum absolute atomic E-state index is 0.146. The molecule has 23 heavy (non-hydrogen) atoms. The lowest BCUT2D eigenvalue weighted by atomic mass is 10.0. The molecule has 1 fully saturated rings. The van der Waals surface area contributed by atoms with Crippen molar-refractivity contribution >= 4 is 11.8 Å². The van der Waals surface area contributed by atoms with Crippen molar-refractivity contribution in [1.29, 1.82) is 0 Å². The molecule has 0 aromatic carbocycles. The molecule has 2 amide bonds. The summed E-state index contributed by atoms with van der Waals surface area (Å²) in [6.45, 7) is 3.29. The molecule has 0 spiro atoms. The SMILES string of the molecule is COc1ccc(C)nc1NC(=O)N1CCC(c2cnn(C)c2)C1. The first kappa shape index (κ1) is 15.3. The van der Waals surface area contributed by atoms with Gasteiger partial charge in [-0.3, -0.25) is 10.00 Å². The number of carbonyl (C=O) groups excluding carboxylic acids is 1. The maximum Gasteiger partial charge on any atom is 0.323 e. The van der Waals surface area contributed by atoms with Gasteiger partial charge >= 0.3 is 6.03 Å². The van der Waals surface area contributed by atoms with E-state index in [4.69, 9.17) is 4.74 Å². The number of aromatic nitrogens is 3. The molecule has 3 heterocycles. The van der Waals surface area contributed by atoms with E-state index in [2.05, 4.69) is 15.4 Å². The van der Waals surface area contributed by atoms with Crippen LogP contribution in [0, 0.1) is 6.92 Å². The molecule has 3 rings (SSSR count). The number of methoxy groups -OCH3 is 1. The van der Waals surface area contributed by atoms with Gasteiger partial charge in [0.05, 0.1) is 13.3 Å². The van der Waals surface area contributed by atoms with E-state index in [9.17, 15) is 4.79 Å². The van der Waals surface area contributed by atoms with Crippen molar-refractivity contribution in [3.05, 3.63) is 35.8 Å². The molecule has 1 N–H and O–H groups in total. The van der Waals surface area contributed by atoms with E-state index in [0.29, 0.717) is 24.0 Å². The van der Waals surface area contributed by atoms with Gasteiger partial charge in [-0.25, -0.2) is 9.78 Å². The average Bonchev–Trinajstić information content (AvgIpc) is 3.16. The molecular formula is C16H21N5O2. The minimum atomic E-state index is -0.146. The summed E-state index contributed by atoms with van der Waals surface area (Å²) in [5.41, 5.74) is 2.00. The molecule has 2 aromatic rings. The largest absolute Gasteiger partial charge is 0.493 e. The first-order valence-corrected chi connectivity index (χ1v) is 7.63. The van der Waals surface area contributed by atoms with E-state index in [1.165, 1.54) is 5.56 Å². The molecule has 1 saturated heterocycles. The Morgan fingerprint density at radius 1 is 1.43 bits per heavy atom. The molecule has 2 aromatic heterocycles. The summed E-state index contributed by atoms with van der Waals surface area (Å²) in [6.07, 6.45) is 4.83. The highest BCUT2D eigenvalue weighted by Gasteiger charge is 2.28. The van der Waals surface area contributed by atoms with Gasteiger partial charge in [0.2, 0.25) is 0 Å². The van der Waals surface area contributed by atoms with Crippen LogP contribution in [0.1, 0.15) is 23.6 Å². The molecule has 122 valence electrons. The lowest BCUT2D eigenvalue weighted by Gasteiger charge is -2.18. The normalized spacial score (nSPS) is 17.3. The molecule has 0 aliphatic carbocycles. The van der Waals surface area contributed by atoms with Crippen molar-refractivity contribution < 1.29 is 9.53 Å². The third kappa shape index (κ3) is 3.28. The van der Waals surface area contributed by atoms with Crippen LogP contribution in [0.3, 0.4) is 0 Å². The predicted octanol–water partition coefficient (Wildman–Crippen LogP) is 2.15. The fourth-order valence-electron chi connectivity index (χ4n) is 2.85. The Labute approximate surface area is 135 Å². The number of anilines is 1. The molecule has 0 saturated carbocycles. The van der Waals surface area contributed by atoms with E-state index < -0.39 is 0 Å². The van der Waals surface area contributed by atoms with E-state index in [1.807, 2.05) is 32.4 Å². The standard InChI is InChI=1S/C16H21N5O2/c1-11-4-5-14(23-3)15(18-11)19-16(22)21-7-6-12(10-21)13-8-17-20(2)9-13/h4-5,8-9,12H,6-7,10H2,1-3H3,(H,18,19,22). The number of likely N-dealkylation sites (tertiary alicyclic amines) is 1. The maximum absolute atomic E-state index is 12.5. The number of urea groups is 1. The van der Waals surface area contributed by atoms with Gasteiger partial charge in [0.15, 0.2) is 11.6 Å². The number of nitrogens with one attached hydrogen (secondary N) is 1. The van der Waals surface area contributed by atoms with Crippen molar-refractivity contribution in [2.24, 2.45) is 7.05 Å². The Balaban J connectivity index is 1.67. The van der Waals surface area contributed by atoms with Crippen molar-refractivity contribution in [2.45, 2.75) is 19.3 Å². The maximum atomic E-state index is 12.5. The lowest BCUT2D eigenvalue weighted by Crippen LogP contribution is -2.33. The molecule has 1 atom stereocenters. The number of hydrogen-bond acceptors (Lipinski definition) is 4. The van der Waals surface area contributed by atoms with Crippen molar-refractivity contribution in [1.82, 2.24) is 19.7 Å². The first-order chi connectivity index (χ1) is 11.1. The number of carbonyl (C=O) groups is 1. The van der Waals surface area contributed by atoms with Gasteiger partial charge in [-0.2, -0.15) is 5.10 Å². The molecular weight excluding hydrogens is 294 g/mol. The number of ether oxygens (including phenoxy) is 1. The topological polar surface area (TPSA) is 72.3 Å². The Hall–Kier alpha value is -2.57. The summed E-state index contributed by atoms with van der Waals surface area (Å²) < 4.78 is 7.04. The smallest absolute Gasteiger partial charge is 0.323 e. The number of rotatable bonds is 3. The van der Waals surface area contributed by atoms with E-state index in [1.54, 1.807) is 22.8 Å². The monoisotopic (exact) mass is 315 g/mol. The van der Waals surface area contributed by atoms with Crippen LogP contribution in [0.25, 0.3) is 0 Å². The summed E-state index contributed by atoms with van der Waals surface area (Å²) in [6, 6.07) is 3.51. The summed E-state index contributed by atoms with van der Waals surface area (Å²) >= 11 is 0. The molecule has 7 heteroatoms. The van der Waals surface area contributed by atoms with Crippen molar-refractivity contribution in [2.75, 3.05) is 25.5 Å². The number of hydrogen-bond donors (Lipinski definition) is 1. The average molecular weight is 315 g/mol. The van der Waals surface area contributed by atoms with Crippen LogP contribution in [0.15, 0.2) is 24.5 Å². The molecule has 1 aliphatic rings. The Kier molecular flexibility index (Phi) is 4.18. The van der Waals surface area contributed by atoms with Crippen LogP contribution >= 0.6 is 0 Å². The molecule has 1 unspecified atom stereocenters. The van der Waals surface area contributed by atoms with Gasteiger partial charge in [-0.05, 0) is 31.0 Å². The number of aryl methyl sites for hydroxylation is 2. The van der Waals surface area contributed by atoms with Crippen LogP contribution in [0.4, 0.5) is 10.6 Å². The summed E-state index contributed by atoms with van der Waals surface area (Å²) in [5, 5.41) is 7.05. The number of amides is 2. The second kappa shape index (κ2) is 6.28. The van der Waals surface area contributed by atoms with E-state index in [0.717, 1.165) is 18.7 Å². The highest BCUT2D eigenvalue weighted by atomic mass is 16.5. The van der Waals surface area contributed by atoms with Gasteiger partial charge < -0.3 is 9.64 Å². The molecule has 0 bridgehead atoms. The Morgan fingerprint density at radius 3 is 2.96 bits per heavy atom. The zero-order chi connectivity index (χ0) is 16.4. The Bertz CT molecular complexity index is 712. The summed E-state index contributed by atoms with van der Waals surface area (Å²) in [5.74, 6) is 1.36. The second-order valence-corrected chi connectivity index (χ2v) is 5.81. The summed E-state index contributed by atoms with van der Waals surface area (Å²) in [4.78, 5) is 18.6. The van der Waals surface area contributed by atoms with Crippen molar-refractivity contribution in [3.63, 3.8) is 0 Å². The zero-order valence-electron chi connectivity index (χ0n) is 13.6. The number of pyridine rings is 1. The third-order valence-corrected chi connectivity index (χ3v) is 4.11. The third-order valence-electron chi connectivity index (χ3n) is 4.11. The quantitative estimate of drug-likeness (QED) is 0.942. The van der Waals surface area contributed by atoms with Crippen molar-refractivity contribution in [3.8, 4) is 5.75 Å². The van der Waals surface area contributed by atoms with Gasteiger partial charge in [-0.15, -0.1) is 0 Å². The number of nitrogens with zero attached hydrogens (tertiary/aromatic N) is 4. The fourth-order valence-corrected chi connectivity index (χ4v) is 2.85. The second-order valence-electron chi connectivity index (χ2n) is 5.81. The van der Waals surface area contributed by atoms with Crippen LogP contribution < -0.4 is 10.1 Å². The molecule has 1 aliphatic heterocycles. The van der Waals surface area contributed by atoms with E-state index in [-0.39, 0.29) is 6.03 Å². The van der Waals surface area contributed by atoms with E-state index >= 15 is 0 Å². The highest BCUT2D eigenvalue weighted by Crippen LogP contribution is 2.28. The fraction of sp³-hybridized carbons (Fsp3) is 0.438. The van der Waals surface area contributed by atoms with Gasteiger partial charge in [-0.1, -0.05) is 0 Å². The molecule has 7 nitrogen and oxygen atoms in total. The molecule has 0 radical (unpaired) electrons. The van der Waals surface area contributed by atoms with Gasteiger partial charge in [0, 0.05) is 37.9 Å². The van der Waals surface area contributed by atoms with Gasteiger partial charge in [0.1, 0.15) is 0 Å². The lowest BCUT2D eigenvalue weighted by molar-refractivity contribution is 0.221. The van der Waals surface area contributed by atoms with Crippen LogP contribution in [0.5, 0.6) is 5.75 Å². The predicted molar refractivity (Wildman–Crippen MR) is 86.7 cm³/mol. The Morgan fingerprint density at radius 2 is 2.26 bits per heavy atom. The van der Waals surface area contributed by atoms with Crippen LogP contribution in [0.2, 0.25) is 0 Å². The first-order valence-electron chi connectivity index (χ1n) is 7.63. The zero-order valence-corrected chi connectivity index (χ0v) is 13.6. The van der Waals surface area contributed by atoms with Crippen LogP contribution in [-0.2, 0) is 7.05 Å². The van der Waals surface area contributed by atoms with Gasteiger partial charge in [0.25, 0.3) is 0 Å². The highest BCUT2D eigenvalue weighted by molar-refractivity contribution is 5.90. The summed E-state index contributed by atoms with van der Waals surface area (Å²) in [7, 11) is 3.47. The minimum Gasteiger partial charge on any atom is -0.493 e.